The molecular formula is C25H35N3O2S. The Kier molecular flexibility index (Phi) is 7.55. The Morgan fingerprint density at radius 1 is 1.23 bits per heavy atom. The van der Waals surface area contributed by atoms with Crippen molar-refractivity contribution >= 4 is 22.8 Å². The van der Waals surface area contributed by atoms with Crippen molar-refractivity contribution in [2.75, 3.05) is 14.1 Å². The molecule has 1 amide bonds. The largest absolute Gasteiger partial charge is 0.348 e. The first-order valence-electron chi connectivity index (χ1n) is 11.1. The molecule has 0 saturated heterocycles. The van der Waals surface area contributed by atoms with E-state index in [-0.39, 0.29) is 18.0 Å². The Balaban J connectivity index is 1.72. The number of rotatable bonds is 6. The predicted octanol–water partition coefficient (Wildman–Crippen LogP) is 4.82. The van der Waals surface area contributed by atoms with E-state index in [1.165, 1.54) is 36.1 Å². The van der Waals surface area contributed by atoms with Gasteiger partial charge >= 0.3 is 0 Å². The highest BCUT2D eigenvalue weighted by molar-refractivity contribution is 7.11. The molecular weight excluding hydrogens is 406 g/mol. The molecule has 0 bridgehead atoms. The molecule has 1 aliphatic rings. The van der Waals surface area contributed by atoms with Gasteiger partial charge in [0.2, 0.25) is 0 Å². The zero-order valence-corrected chi connectivity index (χ0v) is 20.4. The topological polar surface area (TPSA) is 65.2 Å². The average molecular weight is 442 g/mol. The number of aromatic amines is 1. The minimum atomic E-state index is -0.134. The molecule has 1 saturated carbocycles. The number of nitrogens with one attached hydrogen (secondary N) is 2. The lowest BCUT2D eigenvalue weighted by molar-refractivity contribution is 0.0950. The molecule has 1 aliphatic carbocycles. The predicted molar refractivity (Wildman–Crippen MR) is 130 cm³/mol. The van der Waals surface area contributed by atoms with E-state index < -0.39 is 0 Å². The van der Waals surface area contributed by atoms with Crippen molar-refractivity contribution in [1.82, 2.24) is 15.2 Å². The molecule has 0 unspecified atom stereocenters. The number of thiophene rings is 1. The summed E-state index contributed by atoms with van der Waals surface area (Å²) in [6.45, 7) is 8.15. The molecule has 0 aromatic carbocycles. The highest BCUT2D eigenvalue weighted by atomic mass is 32.1. The van der Waals surface area contributed by atoms with Crippen molar-refractivity contribution < 1.29 is 4.79 Å². The second-order valence-corrected chi connectivity index (χ2v) is 9.82. The first-order valence-corrected chi connectivity index (χ1v) is 12.0. The summed E-state index contributed by atoms with van der Waals surface area (Å²) in [5.41, 5.74) is 5.33. The van der Waals surface area contributed by atoms with Crippen molar-refractivity contribution in [2.45, 2.75) is 66.0 Å². The second-order valence-electron chi connectivity index (χ2n) is 8.94. The van der Waals surface area contributed by atoms with E-state index in [1.807, 2.05) is 32.2 Å². The van der Waals surface area contributed by atoms with E-state index in [1.54, 1.807) is 11.3 Å². The van der Waals surface area contributed by atoms with Gasteiger partial charge in [-0.2, -0.15) is 0 Å². The summed E-state index contributed by atoms with van der Waals surface area (Å²) < 4.78 is 0. The fraction of sp³-hybridized carbons (Fsp3) is 0.520. The summed E-state index contributed by atoms with van der Waals surface area (Å²) in [5.74, 6) is 0.439. The van der Waals surface area contributed by atoms with Crippen LogP contribution in [0.25, 0.3) is 5.57 Å². The van der Waals surface area contributed by atoms with E-state index in [4.69, 9.17) is 0 Å². The number of aromatic nitrogens is 1. The Labute approximate surface area is 189 Å². The van der Waals surface area contributed by atoms with Crippen LogP contribution in [-0.4, -0.2) is 35.9 Å². The molecule has 31 heavy (non-hydrogen) atoms. The SMILES string of the molecule is CC=C(c1scc(C(=O)NCc2c(C)cc(C)[nH]c2=O)c1C)C1CCC(N(C)C)CC1. The van der Waals surface area contributed by atoms with Crippen molar-refractivity contribution in [2.24, 2.45) is 5.92 Å². The molecule has 3 rings (SSSR count). The first-order chi connectivity index (χ1) is 14.7. The van der Waals surface area contributed by atoms with Gasteiger partial charge in [0.25, 0.3) is 11.5 Å². The van der Waals surface area contributed by atoms with Crippen molar-refractivity contribution in [1.29, 1.82) is 0 Å². The van der Waals surface area contributed by atoms with Gasteiger partial charge in [0.05, 0.1) is 5.56 Å². The number of hydrogen-bond donors (Lipinski definition) is 2. The third kappa shape index (κ3) is 5.18. The third-order valence-electron chi connectivity index (χ3n) is 6.64. The summed E-state index contributed by atoms with van der Waals surface area (Å²) in [7, 11) is 4.34. The fourth-order valence-electron chi connectivity index (χ4n) is 4.75. The summed E-state index contributed by atoms with van der Waals surface area (Å²) in [5, 5.41) is 4.91. The molecule has 2 aromatic heterocycles. The average Bonchev–Trinajstić information content (AvgIpc) is 3.09. The number of nitrogens with zero attached hydrogens (tertiary/aromatic N) is 1. The number of hydrogen-bond acceptors (Lipinski definition) is 4. The van der Waals surface area contributed by atoms with Gasteiger partial charge in [-0.05, 0) is 96.2 Å². The molecule has 5 nitrogen and oxygen atoms in total. The number of carbonyl (C=O) groups is 1. The molecule has 2 heterocycles. The molecule has 2 aromatic rings. The van der Waals surface area contributed by atoms with Gasteiger partial charge < -0.3 is 15.2 Å². The van der Waals surface area contributed by atoms with E-state index in [9.17, 15) is 9.59 Å². The number of allylic oxidation sites excluding steroid dienone is 2. The molecule has 0 aliphatic heterocycles. The van der Waals surface area contributed by atoms with Crippen molar-refractivity contribution in [3.8, 4) is 0 Å². The van der Waals surface area contributed by atoms with Crippen molar-refractivity contribution in [3.05, 3.63) is 60.7 Å². The molecule has 1 fully saturated rings. The lowest BCUT2D eigenvalue weighted by atomic mass is 9.80. The summed E-state index contributed by atoms with van der Waals surface area (Å²) in [6, 6.07) is 2.61. The smallest absolute Gasteiger partial charge is 0.253 e. The quantitative estimate of drug-likeness (QED) is 0.676. The zero-order chi connectivity index (χ0) is 22.7. The first kappa shape index (κ1) is 23.5. The highest BCUT2D eigenvalue weighted by Crippen LogP contribution is 2.40. The van der Waals surface area contributed by atoms with Crippen LogP contribution in [0.2, 0.25) is 0 Å². The zero-order valence-electron chi connectivity index (χ0n) is 19.6. The standard InChI is InChI=1S/C25H35N3O2S/c1-7-20(18-8-10-19(11-9-18)28(5)6)23-17(4)22(14-31-23)24(29)26-13-21-15(2)12-16(3)27-25(21)30/h7,12,14,18-19H,8-11,13H2,1-6H3,(H,26,29)(H,27,30). The van der Waals surface area contributed by atoms with Crippen molar-refractivity contribution in [3.63, 3.8) is 0 Å². The maximum absolute atomic E-state index is 12.9. The molecule has 2 N–H and O–H groups in total. The van der Waals surface area contributed by atoms with Crippen LogP contribution in [0.3, 0.4) is 0 Å². The third-order valence-corrected chi connectivity index (χ3v) is 7.77. The van der Waals surface area contributed by atoms with Crippen LogP contribution in [0.1, 0.15) is 70.2 Å². The number of amides is 1. The van der Waals surface area contributed by atoms with Gasteiger partial charge in [0.1, 0.15) is 0 Å². The molecule has 168 valence electrons. The summed E-state index contributed by atoms with van der Waals surface area (Å²) >= 11 is 1.66. The Bertz CT molecular complexity index is 1020. The maximum Gasteiger partial charge on any atom is 0.253 e. The molecule has 0 spiro atoms. The van der Waals surface area contributed by atoms with Crippen LogP contribution in [0, 0.1) is 26.7 Å². The maximum atomic E-state index is 12.9. The normalized spacial score (nSPS) is 19.6. The number of pyridine rings is 1. The van der Waals surface area contributed by atoms with Crippen LogP contribution in [0.4, 0.5) is 0 Å². The van der Waals surface area contributed by atoms with Crippen LogP contribution in [0.15, 0.2) is 22.3 Å². The van der Waals surface area contributed by atoms with E-state index in [0.29, 0.717) is 23.1 Å². The van der Waals surface area contributed by atoms with E-state index >= 15 is 0 Å². The molecule has 6 heteroatoms. The van der Waals surface area contributed by atoms with Crippen LogP contribution in [0.5, 0.6) is 0 Å². The monoisotopic (exact) mass is 441 g/mol. The lowest BCUT2D eigenvalue weighted by Crippen LogP contribution is -2.32. The Hall–Kier alpha value is -2.18. The minimum absolute atomic E-state index is 0.119. The number of aryl methyl sites for hydroxylation is 2. The van der Waals surface area contributed by atoms with Crippen LogP contribution >= 0.6 is 11.3 Å². The summed E-state index contributed by atoms with van der Waals surface area (Å²) in [6.07, 6.45) is 7.05. The van der Waals surface area contributed by atoms with Gasteiger partial charge in [-0.25, -0.2) is 0 Å². The van der Waals surface area contributed by atoms with Gasteiger partial charge in [-0.15, -0.1) is 11.3 Å². The minimum Gasteiger partial charge on any atom is -0.348 e. The van der Waals surface area contributed by atoms with Gasteiger partial charge in [-0.3, -0.25) is 9.59 Å². The lowest BCUT2D eigenvalue weighted by Gasteiger charge is -2.33. The number of carbonyl (C=O) groups excluding carboxylic acids is 1. The molecule has 0 radical (unpaired) electrons. The van der Waals surface area contributed by atoms with Gasteiger partial charge in [0, 0.05) is 34.1 Å². The Morgan fingerprint density at radius 3 is 2.48 bits per heavy atom. The highest BCUT2D eigenvalue weighted by Gasteiger charge is 2.27. The Morgan fingerprint density at radius 2 is 1.90 bits per heavy atom. The van der Waals surface area contributed by atoms with Crippen LogP contribution < -0.4 is 10.9 Å². The van der Waals surface area contributed by atoms with E-state index in [2.05, 4.69) is 42.3 Å². The molecule has 0 atom stereocenters. The number of H-pyrrole nitrogens is 1. The fourth-order valence-corrected chi connectivity index (χ4v) is 5.97. The van der Waals surface area contributed by atoms with Gasteiger partial charge in [-0.1, -0.05) is 6.08 Å². The summed E-state index contributed by atoms with van der Waals surface area (Å²) in [4.78, 5) is 31.5. The van der Waals surface area contributed by atoms with Gasteiger partial charge in [0.15, 0.2) is 0 Å². The van der Waals surface area contributed by atoms with E-state index in [0.717, 1.165) is 16.8 Å². The second kappa shape index (κ2) is 9.96. The van der Waals surface area contributed by atoms with Crippen LogP contribution in [-0.2, 0) is 6.54 Å².